The molecule has 116 valence electrons. The van der Waals surface area contributed by atoms with Crippen LogP contribution in [0.3, 0.4) is 0 Å². The van der Waals surface area contributed by atoms with Crippen molar-refractivity contribution in [3.05, 3.63) is 51.5 Å². The van der Waals surface area contributed by atoms with Gasteiger partial charge in [0.1, 0.15) is 16.1 Å². The van der Waals surface area contributed by atoms with Crippen LogP contribution in [0.4, 0.5) is 4.39 Å². The molecule has 1 aromatic carbocycles. The first-order valence-corrected chi connectivity index (χ1v) is 7.36. The quantitative estimate of drug-likeness (QED) is 0.602. The highest BCUT2D eigenvalue weighted by molar-refractivity contribution is 6.33. The van der Waals surface area contributed by atoms with Crippen molar-refractivity contribution in [2.45, 2.75) is 19.8 Å². The monoisotopic (exact) mass is 341 g/mol. The van der Waals surface area contributed by atoms with E-state index in [1.165, 1.54) is 13.2 Å². The van der Waals surface area contributed by atoms with E-state index in [2.05, 4.69) is 9.72 Å². The fourth-order valence-corrected chi connectivity index (χ4v) is 2.68. The molecule has 0 amide bonds. The van der Waals surface area contributed by atoms with Gasteiger partial charge in [0.15, 0.2) is 0 Å². The summed E-state index contributed by atoms with van der Waals surface area (Å²) in [7, 11) is 1.31. The number of aromatic nitrogens is 1. The number of carbonyl (C=O) groups excluding carboxylic acids is 1. The number of aryl methyl sites for hydroxylation is 1. The van der Waals surface area contributed by atoms with Gasteiger partial charge in [-0.1, -0.05) is 35.3 Å². The fraction of sp³-hybridized carbons (Fsp3) is 0.250. The van der Waals surface area contributed by atoms with Gasteiger partial charge in [-0.25, -0.2) is 9.37 Å². The molecule has 0 atom stereocenters. The van der Waals surface area contributed by atoms with E-state index < -0.39 is 0 Å². The van der Waals surface area contributed by atoms with Gasteiger partial charge in [-0.2, -0.15) is 0 Å². The molecule has 6 heteroatoms. The van der Waals surface area contributed by atoms with E-state index in [1.54, 1.807) is 25.1 Å². The van der Waals surface area contributed by atoms with Gasteiger partial charge in [-0.15, -0.1) is 0 Å². The molecule has 0 unspecified atom stereocenters. The second-order valence-electron chi connectivity index (χ2n) is 4.82. The number of methoxy groups -OCH3 is 1. The lowest BCUT2D eigenvalue weighted by atomic mass is 9.97. The maximum absolute atomic E-state index is 14.2. The zero-order valence-electron chi connectivity index (χ0n) is 12.1. The lowest BCUT2D eigenvalue weighted by Gasteiger charge is -2.13. The predicted octanol–water partition coefficient (Wildman–Crippen LogP) is 4.61. The van der Waals surface area contributed by atoms with Crippen molar-refractivity contribution in [1.82, 2.24) is 4.98 Å². The Morgan fingerprint density at radius 1 is 1.27 bits per heavy atom. The van der Waals surface area contributed by atoms with E-state index in [0.717, 1.165) is 5.56 Å². The third kappa shape index (κ3) is 3.76. The normalized spacial score (nSPS) is 10.6. The smallest absolute Gasteiger partial charge is 0.305 e. The molecule has 0 bridgehead atoms. The highest BCUT2D eigenvalue weighted by Gasteiger charge is 2.16. The molecule has 3 nitrogen and oxygen atoms in total. The van der Waals surface area contributed by atoms with E-state index in [9.17, 15) is 9.18 Å². The van der Waals surface area contributed by atoms with Crippen molar-refractivity contribution in [2.75, 3.05) is 7.11 Å². The summed E-state index contributed by atoms with van der Waals surface area (Å²) in [6, 6.07) is 6.44. The number of benzene rings is 1. The number of esters is 1. The average molecular weight is 342 g/mol. The summed E-state index contributed by atoms with van der Waals surface area (Å²) in [5, 5.41) is 0.327. The van der Waals surface area contributed by atoms with Crippen LogP contribution >= 0.6 is 23.2 Å². The van der Waals surface area contributed by atoms with Crippen molar-refractivity contribution in [1.29, 1.82) is 0 Å². The SMILES string of the molecule is COC(=O)CCc1c(-c2ccc(C)cc2F)cc(Cl)nc1Cl. The van der Waals surface area contributed by atoms with Crippen molar-refractivity contribution < 1.29 is 13.9 Å². The van der Waals surface area contributed by atoms with Gasteiger partial charge >= 0.3 is 5.97 Å². The summed E-state index contributed by atoms with van der Waals surface area (Å²) >= 11 is 12.1. The Labute approximate surface area is 138 Å². The Morgan fingerprint density at radius 2 is 2.00 bits per heavy atom. The van der Waals surface area contributed by atoms with Gasteiger partial charge < -0.3 is 4.74 Å². The summed E-state index contributed by atoms with van der Waals surface area (Å²) in [6.07, 6.45) is 0.415. The summed E-state index contributed by atoms with van der Waals surface area (Å²) < 4.78 is 18.9. The average Bonchev–Trinajstić information content (AvgIpc) is 2.45. The maximum atomic E-state index is 14.2. The Hall–Kier alpha value is -1.65. The molecule has 0 radical (unpaired) electrons. The van der Waals surface area contributed by atoms with Gasteiger partial charge in [0.25, 0.3) is 0 Å². The minimum atomic E-state index is -0.377. The first-order chi connectivity index (χ1) is 10.4. The molecule has 0 spiro atoms. The summed E-state index contributed by atoms with van der Waals surface area (Å²) in [5.41, 5.74) is 2.28. The highest BCUT2D eigenvalue weighted by atomic mass is 35.5. The molecule has 0 fully saturated rings. The van der Waals surface area contributed by atoms with Crippen LogP contribution in [0.2, 0.25) is 10.3 Å². The van der Waals surface area contributed by atoms with Crippen LogP contribution in [0.1, 0.15) is 17.5 Å². The van der Waals surface area contributed by atoms with Crippen molar-refractivity contribution in [2.24, 2.45) is 0 Å². The van der Waals surface area contributed by atoms with Crippen molar-refractivity contribution >= 4 is 29.2 Å². The molecule has 0 saturated carbocycles. The molecule has 2 aromatic rings. The molecule has 0 aliphatic heterocycles. The number of rotatable bonds is 4. The standard InChI is InChI=1S/C16H14Cl2FNO2/c1-9-3-4-10(13(19)7-9)12-8-14(17)20-16(18)11(12)5-6-15(21)22-2/h3-4,7-8H,5-6H2,1-2H3. The van der Waals surface area contributed by atoms with Crippen LogP contribution < -0.4 is 0 Å². The van der Waals surface area contributed by atoms with E-state index >= 15 is 0 Å². The minimum Gasteiger partial charge on any atom is -0.469 e. The lowest BCUT2D eigenvalue weighted by molar-refractivity contribution is -0.140. The number of carbonyl (C=O) groups is 1. The fourth-order valence-electron chi connectivity index (χ4n) is 2.16. The molecule has 0 aliphatic rings. The Morgan fingerprint density at radius 3 is 2.64 bits per heavy atom. The third-order valence-electron chi connectivity index (χ3n) is 3.26. The number of hydrogen-bond donors (Lipinski definition) is 0. The second kappa shape index (κ2) is 7.07. The van der Waals surface area contributed by atoms with E-state index in [4.69, 9.17) is 23.2 Å². The number of ether oxygens (including phenoxy) is 1. The Bertz CT molecular complexity index is 720. The van der Waals surface area contributed by atoms with E-state index in [-0.39, 0.29) is 28.5 Å². The number of hydrogen-bond acceptors (Lipinski definition) is 3. The van der Waals surface area contributed by atoms with Crippen molar-refractivity contribution in [3.63, 3.8) is 0 Å². The molecule has 1 heterocycles. The topological polar surface area (TPSA) is 39.2 Å². The number of halogens is 3. The molecule has 2 rings (SSSR count). The van der Waals surface area contributed by atoms with Gasteiger partial charge in [-0.05, 0) is 42.2 Å². The number of pyridine rings is 1. The van der Waals surface area contributed by atoms with Crippen LogP contribution in [0.25, 0.3) is 11.1 Å². The van der Waals surface area contributed by atoms with Gasteiger partial charge in [0, 0.05) is 12.0 Å². The number of nitrogens with zero attached hydrogens (tertiary/aromatic N) is 1. The van der Waals surface area contributed by atoms with Crippen LogP contribution in [0, 0.1) is 12.7 Å². The first-order valence-electron chi connectivity index (χ1n) is 6.60. The molecule has 0 saturated heterocycles. The second-order valence-corrected chi connectivity index (χ2v) is 5.57. The van der Waals surface area contributed by atoms with E-state index in [0.29, 0.717) is 23.1 Å². The molecule has 0 aliphatic carbocycles. The van der Waals surface area contributed by atoms with Crippen LogP contribution in [0.5, 0.6) is 0 Å². The van der Waals surface area contributed by atoms with Crippen molar-refractivity contribution in [3.8, 4) is 11.1 Å². The predicted molar refractivity (Wildman–Crippen MR) is 84.7 cm³/mol. The third-order valence-corrected chi connectivity index (χ3v) is 3.77. The molecular weight excluding hydrogens is 328 g/mol. The highest BCUT2D eigenvalue weighted by Crippen LogP contribution is 2.33. The lowest BCUT2D eigenvalue weighted by Crippen LogP contribution is -2.04. The largest absolute Gasteiger partial charge is 0.469 e. The first kappa shape index (κ1) is 16.7. The Kier molecular flexibility index (Phi) is 5.37. The molecule has 22 heavy (non-hydrogen) atoms. The zero-order valence-corrected chi connectivity index (χ0v) is 13.6. The summed E-state index contributed by atoms with van der Waals surface area (Å²) in [5.74, 6) is -0.751. The summed E-state index contributed by atoms with van der Waals surface area (Å²) in [6.45, 7) is 1.80. The zero-order chi connectivity index (χ0) is 16.3. The minimum absolute atomic E-state index is 0.125. The maximum Gasteiger partial charge on any atom is 0.305 e. The van der Waals surface area contributed by atoms with Crippen LogP contribution in [-0.2, 0) is 16.0 Å². The van der Waals surface area contributed by atoms with Gasteiger partial charge in [0.05, 0.1) is 7.11 Å². The molecular formula is C16H14Cl2FNO2. The van der Waals surface area contributed by atoms with Crippen LogP contribution in [-0.4, -0.2) is 18.1 Å². The van der Waals surface area contributed by atoms with Gasteiger partial charge in [-0.3, -0.25) is 4.79 Å². The molecule has 0 N–H and O–H groups in total. The van der Waals surface area contributed by atoms with E-state index in [1.807, 2.05) is 0 Å². The Balaban J connectivity index is 2.51. The van der Waals surface area contributed by atoms with Crippen LogP contribution in [0.15, 0.2) is 24.3 Å². The molecule has 1 aromatic heterocycles. The van der Waals surface area contributed by atoms with Gasteiger partial charge in [0.2, 0.25) is 0 Å². The summed E-state index contributed by atoms with van der Waals surface area (Å²) in [4.78, 5) is 15.3.